The molecule has 5 nitrogen and oxygen atoms in total. The van der Waals surface area contributed by atoms with Crippen molar-refractivity contribution < 1.29 is 0 Å². The molecule has 2 aromatic rings. The first kappa shape index (κ1) is 14.0. The molecule has 0 bridgehead atoms. The zero-order chi connectivity index (χ0) is 13.9. The number of nitrogens with zero attached hydrogens (tertiary/aromatic N) is 2. The monoisotopic (exact) mass is 249 g/mol. The number of nitrogens with one attached hydrogen (secondary N) is 1. The van der Waals surface area contributed by atoms with Crippen LogP contribution in [0.5, 0.6) is 0 Å². The zero-order valence-electron chi connectivity index (χ0n) is 11.4. The summed E-state index contributed by atoms with van der Waals surface area (Å²) in [5.74, 6) is 0. The lowest BCUT2D eigenvalue weighted by Crippen LogP contribution is -2.27. The lowest BCUT2D eigenvalue weighted by Gasteiger charge is -2.07. The van der Waals surface area contributed by atoms with Gasteiger partial charge < -0.3 is 0 Å². The van der Waals surface area contributed by atoms with Crippen molar-refractivity contribution in [3.63, 3.8) is 0 Å². The van der Waals surface area contributed by atoms with Crippen LogP contribution in [0.1, 0.15) is 25.0 Å². The summed E-state index contributed by atoms with van der Waals surface area (Å²) in [6, 6.07) is 5.65. The van der Waals surface area contributed by atoms with Crippen LogP contribution in [0.25, 0.3) is 5.69 Å². The minimum atomic E-state index is -0.412. The molecule has 18 heavy (non-hydrogen) atoms. The van der Waals surface area contributed by atoms with E-state index in [-0.39, 0.29) is 5.69 Å². The van der Waals surface area contributed by atoms with Crippen LogP contribution in [0.4, 0.5) is 0 Å². The summed E-state index contributed by atoms with van der Waals surface area (Å²) >= 11 is 0. The number of aromatic nitrogens is 3. The summed E-state index contributed by atoms with van der Waals surface area (Å²) in [5.41, 5.74) is 1.69. The highest BCUT2D eigenvalue weighted by Gasteiger charge is 2.12. The Morgan fingerprint density at radius 2 is 1.56 bits per heavy atom. The van der Waals surface area contributed by atoms with Crippen molar-refractivity contribution in [2.45, 2.75) is 27.7 Å². The third kappa shape index (κ3) is 2.30. The largest absolute Gasteiger partial charge is 0.351 e. The van der Waals surface area contributed by atoms with Gasteiger partial charge in [0.1, 0.15) is 0 Å². The van der Waals surface area contributed by atoms with E-state index in [1.54, 1.807) is 0 Å². The summed E-state index contributed by atoms with van der Waals surface area (Å²) in [7, 11) is 1.52. The molecule has 0 unspecified atom stereocenters. The Bertz CT molecular complexity index is 627. The van der Waals surface area contributed by atoms with Gasteiger partial charge in [-0.15, -0.1) is 0 Å². The maximum Gasteiger partial charge on any atom is 0.351 e. The van der Waals surface area contributed by atoms with Crippen LogP contribution in [-0.4, -0.2) is 14.3 Å². The number of benzene rings is 1. The minimum Gasteiger partial charge on any atom is -0.246 e. The van der Waals surface area contributed by atoms with E-state index in [2.05, 4.69) is 5.10 Å². The first-order valence-corrected chi connectivity index (χ1v) is 5.97. The van der Waals surface area contributed by atoms with Gasteiger partial charge in [-0.25, -0.2) is 23.9 Å². The third-order valence-corrected chi connectivity index (χ3v) is 2.61. The third-order valence-electron chi connectivity index (χ3n) is 2.61. The van der Waals surface area contributed by atoms with Gasteiger partial charge in [-0.2, -0.15) is 0 Å². The van der Waals surface area contributed by atoms with Gasteiger partial charge in [-0.05, 0) is 25.0 Å². The van der Waals surface area contributed by atoms with E-state index in [9.17, 15) is 9.59 Å². The lowest BCUT2D eigenvalue weighted by molar-refractivity contribution is 0.722. The van der Waals surface area contributed by atoms with E-state index in [1.807, 2.05) is 45.9 Å². The molecule has 5 heteroatoms. The Morgan fingerprint density at radius 1 is 1.06 bits per heavy atom. The molecule has 1 aromatic carbocycles. The van der Waals surface area contributed by atoms with Gasteiger partial charge in [0.25, 0.3) is 0 Å². The molecule has 0 saturated carbocycles. The van der Waals surface area contributed by atoms with Crippen molar-refractivity contribution in [2.24, 2.45) is 7.05 Å². The first-order valence-electron chi connectivity index (χ1n) is 5.97. The summed E-state index contributed by atoms with van der Waals surface area (Å²) in [4.78, 5) is 23.4. The number of H-pyrrole nitrogens is 1. The summed E-state index contributed by atoms with van der Waals surface area (Å²) in [6.45, 7) is 7.75. The second-order valence-electron chi connectivity index (χ2n) is 3.83. The summed E-state index contributed by atoms with van der Waals surface area (Å²) in [6.07, 6.45) is 0. The minimum absolute atomic E-state index is 0.359. The van der Waals surface area contributed by atoms with Gasteiger partial charge >= 0.3 is 11.4 Å². The lowest BCUT2D eigenvalue weighted by atomic mass is 10.1. The molecule has 0 spiro atoms. The molecular formula is C13H19N3O2. The van der Waals surface area contributed by atoms with E-state index in [1.165, 1.54) is 11.7 Å². The standard InChI is InChI=1S/C11H13N3O2.C2H6/c1-7-5-4-6-8(2)9(7)14-10(15)12-13(3)11(14)16;1-2/h4-6H,1-3H3,(H,12,15);1-2H3. The highest BCUT2D eigenvalue weighted by atomic mass is 16.2. The highest BCUT2D eigenvalue weighted by Crippen LogP contribution is 2.14. The molecule has 0 aliphatic carbocycles. The summed E-state index contributed by atoms with van der Waals surface area (Å²) in [5, 5.41) is 2.44. The zero-order valence-corrected chi connectivity index (χ0v) is 11.4. The maximum atomic E-state index is 11.8. The number of para-hydroxylation sites is 1. The normalized spacial score (nSPS) is 9.83. The van der Waals surface area contributed by atoms with Crippen LogP contribution in [-0.2, 0) is 7.05 Å². The number of aromatic amines is 1. The van der Waals surface area contributed by atoms with Gasteiger partial charge in [0, 0.05) is 7.05 Å². The second kappa shape index (κ2) is 5.53. The Labute approximate surface area is 106 Å². The van der Waals surface area contributed by atoms with Crippen LogP contribution in [0, 0.1) is 13.8 Å². The Morgan fingerprint density at radius 3 is 1.94 bits per heavy atom. The van der Waals surface area contributed by atoms with Gasteiger partial charge in [-0.3, -0.25) is 0 Å². The first-order chi connectivity index (χ1) is 8.52. The molecule has 1 heterocycles. The highest BCUT2D eigenvalue weighted by molar-refractivity contribution is 5.46. The number of hydrogen-bond acceptors (Lipinski definition) is 2. The second-order valence-corrected chi connectivity index (χ2v) is 3.83. The SMILES string of the molecule is CC.Cc1cccc(C)c1-n1c(=O)[nH]n(C)c1=O. The number of hydrogen-bond donors (Lipinski definition) is 1. The topological polar surface area (TPSA) is 59.8 Å². The molecule has 1 N–H and O–H groups in total. The van der Waals surface area contributed by atoms with Crippen molar-refractivity contribution in [3.05, 3.63) is 50.3 Å². The molecule has 0 atom stereocenters. The Kier molecular flexibility index (Phi) is 4.31. The predicted molar refractivity (Wildman–Crippen MR) is 72.5 cm³/mol. The average Bonchev–Trinajstić information content (AvgIpc) is 2.58. The van der Waals surface area contributed by atoms with Crippen LogP contribution in [0.3, 0.4) is 0 Å². The smallest absolute Gasteiger partial charge is 0.246 e. The van der Waals surface area contributed by atoms with Crippen molar-refractivity contribution in [1.29, 1.82) is 0 Å². The van der Waals surface area contributed by atoms with Crippen molar-refractivity contribution in [1.82, 2.24) is 14.3 Å². The van der Waals surface area contributed by atoms with Crippen LogP contribution in [0.2, 0.25) is 0 Å². The molecule has 0 saturated heterocycles. The molecule has 0 radical (unpaired) electrons. The Hall–Kier alpha value is -2.04. The van der Waals surface area contributed by atoms with E-state index in [0.717, 1.165) is 15.7 Å². The molecule has 98 valence electrons. The molecule has 0 fully saturated rings. The maximum absolute atomic E-state index is 11.8. The fourth-order valence-electron chi connectivity index (χ4n) is 1.83. The van der Waals surface area contributed by atoms with Gasteiger partial charge in [0.05, 0.1) is 5.69 Å². The van der Waals surface area contributed by atoms with Crippen LogP contribution >= 0.6 is 0 Å². The number of rotatable bonds is 1. The van der Waals surface area contributed by atoms with Gasteiger partial charge in [-0.1, -0.05) is 32.0 Å². The van der Waals surface area contributed by atoms with Crippen molar-refractivity contribution >= 4 is 0 Å². The molecule has 0 aliphatic heterocycles. The van der Waals surface area contributed by atoms with E-state index < -0.39 is 5.69 Å². The van der Waals surface area contributed by atoms with Crippen LogP contribution < -0.4 is 11.4 Å². The summed E-state index contributed by atoms with van der Waals surface area (Å²) < 4.78 is 2.33. The average molecular weight is 249 g/mol. The van der Waals surface area contributed by atoms with Crippen LogP contribution in [0.15, 0.2) is 27.8 Å². The van der Waals surface area contributed by atoms with Crippen molar-refractivity contribution in [2.75, 3.05) is 0 Å². The van der Waals surface area contributed by atoms with E-state index in [0.29, 0.717) is 5.69 Å². The fraction of sp³-hybridized carbons (Fsp3) is 0.385. The molecular weight excluding hydrogens is 230 g/mol. The van der Waals surface area contributed by atoms with Gasteiger partial charge in [0.15, 0.2) is 0 Å². The molecule has 2 rings (SSSR count). The number of aryl methyl sites for hydroxylation is 3. The predicted octanol–water partition coefficient (Wildman–Crippen LogP) is 1.51. The van der Waals surface area contributed by atoms with E-state index in [4.69, 9.17) is 0 Å². The quantitative estimate of drug-likeness (QED) is 0.832. The fourth-order valence-corrected chi connectivity index (χ4v) is 1.83. The van der Waals surface area contributed by atoms with Crippen molar-refractivity contribution in [3.8, 4) is 5.69 Å². The molecule has 0 amide bonds. The van der Waals surface area contributed by atoms with E-state index >= 15 is 0 Å². The Balaban J connectivity index is 0.000000771. The molecule has 1 aromatic heterocycles. The molecule has 0 aliphatic rings. The van der Waals surface area contributed by atoms with Gasteiger partial charge in [0.2, 0.25) is 0 Å².